The number of nitrogens with zero attached hydrogens (tertiary/aromatic N) is 2. The summed E-state index contributed by atoms with van der Waals surface area (Å²) in [5, 5.41) is 18.5. The standard InChI is InChI=1S/C17H18N4O4/c1-11-12(17(23)18-7-8-22)4-2-5-13(11)19-10-15-20-16(21-25-15)14-6-3-9-24-14/h2-6,9,19,22H,7-8,10H2,1H3,(H,18,23). The summed E-state index contributed by atoms with van der Waals surface area (Å²) in [6, 6.07) is 8.88. The van der Waals surface area contributed by atoms with Gasteiger partial charge in [-0.1, -0.05) is 11.2 Å². The van der Waals surface area contributed by atoms with Crippen LogP contribution in [0.1, 0.15) is 21.8 Å². The van der Waals surface area contributed by atoms with Gasteiger partial charge in [-0.15, -0.1) is 0 Å². The molecule has 0 radical (unpaired) electrons. The van der Waals surface area contributed by atoms with Crippen molar-refractivity contribution < 1.29 is 18.8 Å². The van der Waals surface area contributed by atoms with Gasteiger partial charge in [0, 0.05) is 17.8 Å². The molecule has 0 spiro atoms. The number of amides is 1. The number of furan rings is 1. The van der Waals surface area contributed by atoms with E-state index in [9.17, 15) is 4.79 Å². The van der Waals surface area contributed by atoms with Crippen LogP contribution in [0.5, 0.6) is 0 Å². The molecule has 3 rings (SSSR count). The van der Waals surface area contributed by atoms with Crippen molar-refractivity contribution in [1.82, 2.24) is 15.5 Å². The van der Waals surface area contributed by atoms with Gasteiger partial charge in [0.05, 0.1) is 19.4 Å². The van der Waals surface area contributed by atoms with Crippen LogP contribution < -0.4 is 10.6 Å². The van der Waals surface area contributed by atoms with E-state index in [1.54, 1.807) is 30.5 Å². The molecule has 0 bridgehead atoms. The van der Waals surface area contributed by atoms with Gasteiger partial charge in [0.15, 0.2) is 5.76 Å². The van der Waals surface area contributed by atoms with Crippen molar-refractivity contribution in [2.45, 2.75) is 13.5 Å². The van der Waals surface area contributed by atoms with Crippen LogP contribution in [-0.4, -0.2) is 34.3 Å². The van der Waals surface area contributed by atoms with Gasteiger partial charge >= 0.3 is 0 Å². The zero-order chi connectivity index (χ0) is 17.6. The van der Waals surface area contributed by atoms with Gasteiger partial charge < -0.3 is 24.7 Å². The Labute approximate surface area is 143 Å². The minimum absolute atomic E-state index is 0.0993. The van der Waals surface area contributed by atoms with E-state index in [4.69, 9.17) is 14.0 Å². The number of nitrogens with one attached hydrogen (secondary N) is 2. The molecular weight excluding hydrogens is 324 g/mol. The lowest BCUT2D eigenvalue weighted by molar-refractivity contribution is 0.0944. The zero-order valence-corrected chi connectivity index (χ0v) is 13.7. The van der Waals surface area contributed by atoms with E-state index >= 15 is 0 Å². The van der Waals surface area contributed by atoms with Crippen LogP contribution >= 0.6 is 0 Å². The fourth-order valence-corrected chi connectivity index (χ4v) is 2.34. The van der Waals surface area contributed by atoms with Gasteiger partial charge in [0.25, 0.3) is 5.91 Å². The molecule has 2 aromatic heterocycles. The van der Waals surface area contributed by atoms with E-state index < -0.39 is 0 Å². The van der Waals surface area contributed by atoms with Crippen LogP contribution in [0.4, 0.5) is 5.69 Å². The summed E-state index contributed by atoms with van der Waals surface area (Å²) in [5.41, 5.74) is 2.12. The third-order valence-electron chi connectivity index (χ3n) is 3.62. The summed E-state index contributed by atoms with van der Waals surface area (Å²) >= 11 is 0. The monoisotopic (exact) mass is 342 g/mol. The Morgan fingerprint density at radius 2 is 2.16 bits per heavy atom. The first-order valence-electron chi connectivity index (χ1n) is 7.78. The Balaban J connectivity index is 1.68. The second kappa shape index (κ2) is 7.63. The van der Waals surface area contributed by atoms with Crippen LogP contribution in [0, 0.1) is 6.92 Å². The number of carbonyl (C=O) groups is 1. The van der Waals surface area contributed by atoms with E-state index in [1.807, 2.05) is 13.0 Å². The molecule has 0 saturated heterocycles. The van der Waals surface area contributed by atoms with E-state index in [1.165, 1.54) is 0 Å². The van der Waals surface area contributed by atoms with Gasteiger partial charge in [-0.25, -0.2) is 0 Å². The van der Waals surface area contributed by atoms with Crippen LogP contribution in [0.15, 0.2) is 45.5 Å². The fraction of sp³-hybridized carbons (Fsp3) is 0.235. The molecule has 0 atom stereocenters. The summed E-state index contributed by atoms with van der Waals surface area (Å²) in [5.74, 6) is 1.10. The number of hydrogen-bond donors (Lipinski definition) is 3. The van der Waals surface area contributed by atoms with E-state index in [2.05, 4.69) is 20.8 Å². The Bertz CT molecular complexity index is 842. The molecular formula is C17H18N4O4. The quantitative estimate of drug-likeness (QED) is 0.601. The van der Waals surface area contributed by atoms with E-state index in [0.29, 0.717) is 29.6 Å². The average Bonchev–Trinajstić information content (AvgIpc) is 3.30. The van der Waals surface area contributed by atoms with Crippen molar-refractivity contribution in [1.29, 1.82) is 0 Å². The molecule has 2 heterocycles. The van der Waals surface area contributed by atoms with Crippen LogP contribution in [-0.2, 0) is 6.54 Å². The first kappa shape index (κ1) is 16.7. The lowest BCUT2D eigenvalue weighted by Gasteiger charge is -2.12. The van der Waals surface area contributed by atoms with Gasteiger partial charge in [-0.2, -0.15) is 4.98 Å². The molecule has 0 saturated carbocycles. The lowest BCUT2D eigenvalue weighted by Crippen LogP contribution is -2.27. The van der Waals surface area contributed by atoms with Crippen LogP contribution in [0.3, 0.4) is 0 Å². The number of rotatable bonds is 7. The zero-order valence-electron chi connectivity index (χ0n) is 13.7. The maximum Gasteiger partial charge on any atom is 0.251 e. The largest absolute Gasteiger partial charge is 0.461 e. The highest BCUT2D eigenvalue weighted by Gasteiger charge is 2.13. The van der Waals surface area contributed by atoms with Crippen molar-refractivity contribution in [3.63, 3.8) is 0 Å². The molecule has 0 aliphatic rings. The Morgan fingerprint density at radius 3 is 2.92 bits per heavy atom. The van der Waals surface area contributed by atoms with Crippen LogP contribution in [0.25, 0.3) is 11.6 Å². The lowest BCUT2D eigenvalue weighted by atomic mass is 10.1. The predicted molar refractivity (Wildman–Crippen MR) is 89.9 cm³/mol. The minimum Gasteiger partial charge on any atom is -0.461 e. The summed E-state index contributed by atoms with van der Waals surface area (Å²) < 4.78 is 10.4. The molecule has 3 aromatic rings. The molecule has 1 aromatic carbocycles. The fourth-order valence-electron chi connectivity index (χ4n) is 2.34. The number of aromatic nitrogens is 2. The number of aliphatic hydroxyl groups is 1. The summed E-state index contributed by atoms with van der Waals surface area (Å²) in [6.07, 6.45) is 1.54. The topological polar surface area (TPSA) is 113 Å². The van der Waals surface area contributed by atoms with Gasteiger partial charge in [0.1, 0.15) is 0 Å². The molecule has 25 heavy (non-hydrogen) atoms. The van der Waals surface area contributed by atoms with E-state index in [0.717, 1.165) is 11.3 Å². The second-order valence-electron chi connectivity index (χ2n) is 5.30. The maximum atomic E-state index is 12.1. The normalized spacial score (nSPS) is 10.6. The van der Waals surface area contributed by atoms with Crippen molar-refractivity contribution in [3.8, 4) is 11.6 Å². The summed E-state index contributed by atoms with van der Waals surface area (Å²) in [6.45, 7) is 2.28. The molecule has 3 N–H and O–H groups in total. The van der Waals surface area contributed by atoms with Crippen LogP contribution in [0.2, 0.25) is 0 Å². The molecule has 0 unspecified atom stereocenters. The number of benzene rings is 1. The Morgan fingerprint density at radius 1 is 1.28 bits per heavy atom. The van der Waals surface area contributed by atoms with Crippen molar-refractivity contribution in [3.05, 3.63) is 53.6 Å². The number of anilines is 1. The molecule has 130 valence electrons. The smallest absolute Gasteiger partial charge is 0.251 e. The molecule has 8 nitrogen and oxygen atoms in total. The summed E-state index contributed by atoms with van der Waals surface area (Å²) in [7, 11) is 0. The van der Waals surface area contributed by atoms with E-state index in [-0.39, 0.29) is 19.1 Å². The first-order chi connectivity index (χ1) is 12.2. The molecule has 1 amide bonds. The highest BCUT2D eigenvalue weighted by molar-refractivity contribution is 5.97. The average molecular weight is 342 g/mol. The minimum atomic E-state index is -0.229. The van der Waals surface area contributed by atoms with Crippen molar-refractivity contribution in [2.75, 3.05) is 18.5 Å². The number of hydrogen-bond acceptors (Lipinski definition) is 7. The maximum absolute atomic E-state index is 12.1. The van der Waals surface area contributed by atoms with Gasteiger partial charge in [0.2, 0.25) is 11.7 Å². The summed E-state index contributed by atoms with van der Waals surface area (Å²) in [4.78, 5) is 16.3. The highest BCUT2D eigenvalue weighted by Crippen LogP contribution is 2.20. The Kier molecular flexibility index (Phi) is 5.10. The first-order valence-corrected chi connectivity index (χ1v) is 7.78. The third kappa shape index (κ3) is 3.86. The van der Waals surface area contributed by atoms with Gasteiger partial charge in [-0.05, 0) is 36.8 Å². The predicted octanol–water partition coefficient (Wildman–Crippen LogP) is 1.97. The third-order valence-corrected chi connectivity index (χ3v) is 3.62. The highest BCUT2D eigenvalue weighted by atomic mass is 16.5. The second-order valence-corrected chi connectivity index (χ2v) is 5.30. The molecule has 0 fully saturated rings. The molecule has 0 aliphatic carbocycles. The van der Waals surface area contributed by atoms with Crippen molar-refractivity contribution >= 4 is 11.6 Å². The number of aliphatic hydroxyl groups excluding tert-OH is 1. The SMILES string of the molecule is Cc1c(NCc2nc(-c3ccco3)no2)cccc1C(=O)NCCO. The van der Waals surface area contributed by atoms with Crippen molar-refractivity contribution in [2.24, 2.45) is 0 Å². The molecule has 8 heteroatoms. The molecule has 0 aliphatic heterocycles. The Hall–Kier alpha value is -3.13. The van der Waals surface area contributed by atoms with Gasteiger partial charge in [-0.3, -0.25) is 4.79 Å². The number of carbonyl (C=O) groups excluding carboxylic acids is 1.